The minimum Gasteiger partial charge on any atom is -0.298 e. The maximum absolute atomic E-state index is 11.8. The Morgan fingerprint density at radius 3 is 3.06 bits per heavy atom. The van der Waals surface area contributed by atoms with E-state index in [0.717, 1.165) is 19.5 Å². The number of likely N-dealkylation sites (tertiary alicyclic amines) is 1. The molecule has 1 saturated heterocycles. The summed E-state index contributed by atoms with van der Waals surface area (Å²) in [6.07, 6.45) is 0.736. The lowest BCUT2D eigenvalue weighted by Gasteiger charge is -2.15. The Kier molecular flexibility index (Phi) is 4.19. The number of nitrogens with one attached hydrogen (secondary N) is 1. The summed E-state index contributed by atoms with van der Waals surface area (Å²) in [6.45, 7) is 4.66. The molecule has 0 aromatic carbocycles. The van der Waals surface area contributed by atoms with Crippen LogP contribution in [0.4, 0.5) is 0 Å². The Morgan fingerprint density at radius 2 is 2.41 bits per heavy atom. The van der Waals surface area contributed by atoms with Gasteiger partial charge in [-0.15, -0.1) is 0 Å². The van der Waals surface area contributed by atoms with Gasteiger partial charge < -0.3 is 0 Å². The molecule has 1 atom stereocenters. The topological polar surface area (TPSA) is 49.4 Å². The van der Waals surface area contributed by atoms with Gasteiger partial charge in [0.05, 0.1) is 5.25 Å². The maximum Gasteiger partial charge on any atom is 0.215 e. The highest BCUT2D eigenvalue weighted by atomic mass is 32.2. The SMILES string of the molecule is CCNS(=O)(=O)C1CCN(Cc2ccsc2)C1. The fourth-order valence-electron chi connectivity index (χ4n) is 2.15. The average Bonchev–Trinajstić information content (AvgIpc) is 2.89. The van der Waals surface area contributed by atoms with Crippen LogP contribution in [-0.2, 0) is 16.6 Å². The van der Waals surface area contributed by atoms with Crippen LogP contribution in [0.1, 0.15) is 18.9 Å². The lowest BCUT2D eigenvalue weighted by Crippen LogP contribution is -2.36. The van der Waals surface area contributed by atoms with E-state index in [1.807, 2.05) is 6.92 Å². The minimum absolute atomic E-state index is 0.249. The van der Waals surface area contributed by atoms with Gasteiger partial charge in [-0.2, -0.15) is 11.3 Å². The number of nitrogens with zero attached hydrogens (tertiary/aromatic N) is 1. The molecule has 1 unspecified atom stereocenters. The maximum atomic E-state index is 11.8. The summed E-state index contributed by atoms with van der Waals surface area (Å²) in [5.74, 6) is 0. The van der Waals surface area contributed by atoms with Crippen molar-refractivity contribution in [1.29, 1.82) is 0 Å². The Morgan fingerprint density at radius 1 is 1.59 bits per heavy atom. The molecule has 1 N–H and O–H groups in total. The first-order chi connectivity index (χ1) is 8.12. The van der Waals surface area contributed by atoms with Crippen molar-refractivity contribution in [1.82, 2.24) is 9.62 Å². The van der Waals surface area contributed by atoms with Crippen molar-refractivity contribution in [2.24, 2.45) is 0 Å². The molecule has 0 radical (unpaired) electrons. The molecule has 1 aliphatic heterocycles. The second-order valence-corrected chi connectivity index (χ2v) is 7.15. The van der Waals surface area contributed by atoms with E-state index in [0.29, 0.717) is 13.1 Å². The van der Waals surface area contributed by atoms with Gasteiger partial charge in [0, 0.05) is 19.6 Å². The first-order valence-electron chi connectivity index (χ1n) is 5.83. The Balaban J connectivity index is 1.91. The summed E-state index contributed by atoms with van der Waals surface area (Å²) < 4.78 is 26.3. The molecule has 1 aromatic rings. The molecule has 4 nitrogen and oxygen atoms in total. The highest BCUT2D eigenvalue weighted by Crippen LogP contribution is 2.19. The second-order valence-electron chi connectivity index (χ2n) is 4.32. The zero-order valence-electron chi connectivity index (χ0n) is 9.93. The summed E-state index contributed by atoms with van der Waals surface area (Å²) in [5.41, 5.74) is 1.27. The summed E-state index contributed by atoms with van der Waals surface area (Å²) in [6, 6.07) is 2.09. The van der Waals surface area contributed by atoms with E-state index in [1.54, 1.807) is 11.3 Å². The molecular weight excluding hydrogens is 256 g/mol. The Hall–Kier alpha value is -0.430. The van der Waals surface area contributed by atoms with Gasteiger partial charge in [-0.3, -0.25) is 4.90 Å². The molecule has 96 valence electrons. The largest absolute Gasteiger partial charge is 0.298 e. The highest BCUT2D eigenvalue weighted by Gasteiger charge is 2.32. The van der Waals surface area contributed by atoms with Crippen LogP contribution in [0.5, 0.6) is 0 Å². The fraction of sp³-hybridized carbons (Fsp3) is 0.636. The smallest absolute Gasteiger partial charge is 0.215 e. The van der Waals surface area contributed by atoms with Crippen LogP contribution in [0, 0.1) is 0 Å². The quantitative estimate of drug-likeness (QED) is 0.879. The summed E-state index contributed by atoms with van der Waals surface area (Å²) >= 11 is 1.68. The molecule has 0 spiro atoms. The zero-order valence-corrected chi connectivity index (χ0v) is 11.6. The molecular formula is C11H18N2O2S2. The van der Waals surface area contributed by atoms with Crippen LogP contribution in [0.25, 0.3) is 0 Å². The lowest BCUT2D eigenvalue weighted by molar-refractivity contribution is 0.331. The third-order valence-electron chi connectivity index (χ3n) is 3.00. The number of sulfonamides is 1. The molecule has 1 aliphatic rings. The van der Waals surface area contributed by atoms with Gasteiger partial charge in [-0.25, -0.2) is 13.1 Å². The predicted octanol–water partition coefficient (Wildman–Crippen LogP) is 1.26. The summed E-state index contributed by atoms with van der Waals surface area (Å²) in [7, 11) is -3.11. The average molecular weight is 274 g/mol. The Labute approximate surface area is 107 Å². The lowest BCUT2D eigenvalue weighted by atomic mass is 10.3. The molecule has 2 rings (SSSR count). The van der Waals surface area contributed by atoms with Crippen molar-refractivity contribution in [3.8, 4) is 0 Å². The van der Waals surface area contributed by atoms with Crippen molar-refractivity contribution in [3.05, 3.63) is 22.4 Å². The molecule has 17 heavy (non-hydrogen) atoms. The van der Waals surface area contributed by atoms with E-state index in [9.17, 15) is 8.42 Å². The van der Waals surface area contributed by atoms with Gasteiger partial charge in [0.2, 0.25) is 10.0 Å². The van der Waals surface area contributed by atoms with Gasteiger partial charge in [0.1, 0.15) is 0 Å². The standard InChI is InChI=1S/C11H18N2O2S2/c1-2-12-17(14,15)11-3-5-13(8-11)7-10-4-6-16-9-10/h4,6,9,11-12H,2-3,5,7-8H2,1H3. The van der Waals surface area contributed by atoms with E-state index in [-0.39, 0.29) is 5.25 Å². The minimum atomic E-state index is -3.11. The van der Waals surface area contributed by atoms with Gasteiger partial charge in [0.15, 0.2) is 0 Å². The first-order valence-corrected chi connectivity index (χ1v) is 8.32. The zero-order chi connectivity index (χ0) is 12.3. The molecule has 0 saturated carbocycles. The van der Waals surface area contributed by atoms with Crippen molar-refractivity contribution < 1.29 is 8.42 Å². The third kappa shape index (κ3) is 3.28. The van der Waals surface area contributed by atoms with Crippen LogP contribution in [0.2, 0.25) is 0 Å². The summed E-state index contributed by atoms with van der Waals surface area (Å²) in [4.78, 5) is 2.21. The van der Waals surface area contributed by atoms with Gasteiger partial charge >= 0.3 is 0 Å². The Bertz CT molecular complexity index is 442. The van der Waals surface area contributed by atoms with E-state index in [4.69, 9.17) is 0 Å². The third-order valence-corrected chi connectivity index (χ3v) is 5.69. The van der Waals surface area contributed by atoms with E-state index < -0.39 is 10.0 Å². The molecule has 1 fully saturated rings. The molecule has 6 heteroatoms. The number of hydrogen-bond acceptors (Lipinski definition) is 4. The van der Waals surface area contributed by atoms with Crippen molar-refractivity contribution >= 4 is 21.4 Å². The molecule has 1 aromatic heterocycles. The van der Waals surface area contributed by atoms with E-state index in [2.05, 4.69) is 26.4 Å². The van der Waals surface area contributed by atoms with Crippen LogP contribution in [-0.4, -0.2) is 38.2 Å². The molecule has 0 amide bonds. The molecule has 2 heterocycles. The normalized spacial score (nSPS) is 22.1. The summed E-state index contributed by atoms with van der Waals surface area (Å²) in [5, 5.41) is 3.92. The van der Waals surface area contributed by atoms with Gasteiger partial charge in [0.25, 0.3) is 0 Å². The highest BCUT2D eigenvalue weighted by molar-refractivity contribution is 7.90. The van der Waals surface area contributed by atoms with Crippen molar-refractivity contribution in [3.63, 3.8) is 0 Å². The van der Waals surface area contributed by atoms with Crippen LogP contribution in [0.3, 0.4) is 0 Å². The monoisotopic (exact) mass is 274 g/mol. The van der Waals surface area contributed by atoms with E-state index >= 15 is 0 Å². The van der Waals surface area contributed by atoms with Crippen LogP contribution < -0.4 is 4.72 Å². The fourth-order valence-corrected chi connectivity index (χ4v) is 4.27. The van der Waals surface area contributed by atoms with Crippen molar-refractivity contribution in [2.75, 3.05) is 19.6 Å². The molecule has 0 bridgehead atoms. The van der Waals surface area contributed by atoms with Crippen molar-refractivity contribution in [2.45, 2.75) is 25.1 Å². The second kappa shape index (κ2) is 5.48. The predicted molar refractivity (Wildman–Crippen MR) is 70.6 cm³/mol. The first kappa shape index (κ1) is 13.0. The van der Waals surface area contributed by atoms with Crippen LogP contribution in [0.15, 0.2) is 16.8 Å². The number of hydrogen-bond donors (Lipinski definition) is 1. The van der Waals surface area contributed by atoms with E-state index in [1.165, 1.54) is 5.56 Å². The van der Waals surface area contributed by atoms with Gasteiger partial charge in [-0.05, 0) is 35.4 Å². The number of thiophene rings is 1. The number of rotatable bonds is 5. The molecule has 0 aliphatic carbocycles. The van der Waals surface area contributed by atoms with Gasteiger partial charge in [-0.1, -0.05) is 6.92 Å². The van der Waals surface area contributed by atoms with Crippen LogP contribution >= 0.6 is 11.3 Å².